The van der Waals surface area contributed by atoms with Crippen LogP contribution < -0.4 is 5.32 Å². The van der Waals surface area contributed by atoms with Crippen molar-refractivity contribution in [3.8, 4) is 0 Å². The molecule has 2 unspecified atom stereocenters. The zero-order valence-corrected chi connectivity index (χ0v) is 19.4. The van der Waals surface area contributed by atoms with E-state index >= 15 is 0 Å². The van der Waals surface area contributed by atoms with Crippen LogP contribution >= 0.6 is 0 Å². The lowest BCUT2D eigenvalue weighted by molar-refractivity contribution is -0.121. The molecule has 6 heteroatoms. The van der Waals surface area contributed by atoms with Gasteiger partial charge in [0.1, 0.15) is 6.54 Å². The van der Waals surface area contributed by atoms with E-state index in [1.807, 2.05) is 6.07 Å². The molecule has 0 bridgehead atoms. The molecular formula is C27H32N2O4. The number of ether oxygens (including phenoxy) is 1. The summed E-state index contributed by atoms with van der Waals surface area (Å²) in [6, 6.07) is 17.1. The quantitative estimate of drug-likeness (QED) is 0.623. The summed E-state index contributed by atoms with van der Waals surface area (Å²) in [4.78, 5) is 38.6. The molecule has 2 atom stereocenters. The molecule has 1 fully saturated rings. The number of hydrogen-bond acceptors (Lipinski definition) is 4. The molecule has 0 aromatic heterocycles. The van der Waals surface area contributed by atoms with E-state index in [1.165, 1.54) is 5.56 Å². The first-order valence-electron chi connectivity index (χ1n) is 11.7. The third-order valence-corrected chi connectivity index (χ3v) is 6.76. The summed E-state index contributed by atoms with van der Waals surface area (Å²) in [6.07, 6.45) is 3.80. The van der Waals surface area contributed by atoms with Crippen molar-refractivity contribution in [2.45, 2.75) is 45.1 Å². The summed E-state index contributed by atoms with van der Waals surface area (Å²) < 4.78 is 5.92. The zero-order valence-electron chi connectivity index (χ0n) is 19.4. The van der Waals surface area contributed by atoms with Gasteiger partial charge in [0.05, 0.1) is 16.7 Å². The number of nitrogens with zero attached hydrogens (tertiary/aromatic N) is 1. The minimum Gasteiger partial charge on any atom is -0.376 e. The predicted molar refractivity (Wildman–Crippen MR) is 126 cm³/mol. The Hall–Kier alpha value is -2.99. The van der Waals surface area contributed by atoms with Crippen LogP contribution in [-0.2, 0) is 16.0 Å². The van der Waals surface area contributed by atoms with Crippen molar-refractivity contribution in [2.75, 3.05) is 19.7 Å². The van der Waals surface area contributed by atoms with Crippen molar-refractivity contribution >= 4 is 17.7 Å². The minimum absolute atomic E-state index is 0.132. The highest BCUT2D eigenvalue weighted by Crippen LogP contribution is 2.36. The van der Waals surface area contributed by atoms with Crippen LogP contribution in [-0.4, -0.2) is 47.9 Å². The number of amides is 3. The molecule has 2 aliphatic heterocycles. The number of carbonyl (C=O) groups excluding carboxylic acids is 3. The molecule has 4 rings (SSSR count). The van der Waals surface area contributed by atoms with Crippen LogP contribution in [0, 0.1) is 11.8 Å². The summed E-state index contributed by atoms with van der Waals surface area (Å²) >= 11 is 0. The molecule has 2 aliphatic rings. The van der Waals surface area contributed by atoms with Crippen molar-refractivity contribution < 1.29 is 19.1 Å². The molecule has 2 aromatic rings. The average Bonchev–Trinajstić information content (AvgIpc) is 3.03. The first-order chi connectivity index (χ1) is 15.8. The normalized spacial score (nSPS) is 20.4. The number of carbonyl (C=O) groups is 3. The van der Waals surface area contributed by atoms with Crippen LogP contribution in [0.25, 0.3) is 0 Å². The first kappa shape index (κ1) is 23.2. The molecule has 3 amide bonds. The van der Waals surface area contributed by atoms with Gasteiger partial charge in [-0.25, -0.2) is 0 Å². The van der Waals surface area contributed by atoms with Gasteiger partial charge in [-0.1, -0.05) is 42.5 Å². The fourth-order valence-electron chi connectivity index (χ4n) is 5.08. The molecule has 2 aromatic carbocycles. The zero-order chi connectivity index (χ0) is 23.4. The van der Waals surface area contributed by atoms with Crippen LogP contribution in [0.5, 0.6) is 0 Å². The van der Waals surface area contributed by atoms with Gasteiger partial charge >= 0.3 is 0 Å². The van der Waals surface area contributed by atoms with E-state index in [0.29, 0.717) is 29.5 Å². The van der Waals surface area contributed by atoms with Crippen molar-refractivity contribution in [2.24, 2.45) is 11.8 Å². The maximum Gasteiger partial charge on any atom is 0.262 e. The van der Waals surface area contributed by atoms with Crippen molar-refractivity contribution in [1.29, 1.82) is 0 Å². The predicted octanol–water partition coefficient (Wildman–Crippen LogP) is 3.85. The Bertz CT molecular complexity index is 983. The molecule has 0 spiro atoms. The lowest BCUT2D eigenvalue weighted by atomic mass is 9.75. The smallest absolute Gasteiger partial charge is 0.262 e. The number of fused-ring (bicyclic) bond motifs is 1. The molecule has 0 saturated carbocycles. The van der Waals surface area contributed by atoms with Crippen LogP contribution in [0.15, 0.2) is 54.6 Å². The maximum absolute atomic E-state index is 12.6. The number of benzene rings is 2. The third kappa shape index (κ3) is 5.50. The fourth-order valence-corrected chi connectivity index (χ4v) is 5.08. The average molecular weight is 449 g/mol. The van der Waals surface area contributed by atoms with Crippen molar-refractivity contribution in [3.05, 3.63) is 71.3 Å². The highest BCUT2D eigenvalue weighted by atomic mass is 16.5. The van der Waals surface area contributed by atoms with Gasteiger partial charge in [0.25, 0.3) is 11.8 Å². The molecule has 1 N–H and O–H groups in total. The van der Waals surface area contributed by atoms with Crippen molar-refractivity contribution in [1.82, 2.24) is 10.2 Å². The van der Waals surface area contributed by atoms with Crippen LogP contribution in [0.4, 0.5) is 0 Å². The minimum atomic E-state index is -0.405. The van der Waals surface area contributed by atoms with Gasteiger partial charge in [-0.3, -0.25) is 19.3 Å². The Morgan fingerprint density at radius 3 is 2.33 bits per heavy atom. The van der Waals surface area contributed by atoms with Gasteiger partial charge in [0.15, 0.2) is 0 Å². The number of hydrogen-bond donors (Lipinski definition) is 1. The second-order valence-electron chi connectivity index (χ2n) is 9.69. The van der Waals surface area contributed by atoms with Gasteiger partial charge in [-0.2, -0.15) is 0 Å². The fraction of sp³-hybridized carbons (Fsp3) is 0.444. The van der Waals surface area contributed by atoms with E-state index in [4.69, 9.17) is 4.74 Å². The molecule has 6 nitrogen and oxygen atoms in total. The lowest BCUT2D eigenvalue weighted by Gasteiger charge is -2.39. The molecule has 0 aliphatic carbocycles. The molecule has 33 heavy (non-hydrogen) atoms. The second kappa shape index (κ2) is 9.87. The van der Waals surface area contributed by atoms with E-state index < -0.39 is 11.8 Å². The van der Waals surface area contributed by atoms with Gasteiger partial charge in [-0.05, 0) is 69.1 Å². The lowest BCUT2D eigenvalue weighted by Crippen LogP contribution is -2.41. The number of imide groups is 1. The van der Waals surface area contributed by atoms with Gasteiger partial charge in [-0.15, -0.1) is 0 Å². The highest BCUT2D eigenvalue weighted by molar-refractivity contribution is 6.22. The standard InChI is InChI=1S/C27H32N2O4/c1-27(2)17-21(13-15-33-27)20(16-19-8-4-3-5-9-19)12-14-28-24(30)18-29-25(31)22-10-6-7-11-23(22)26(29)32/h3-11,20-21H,12-18H2,1-2H3,(H,28,30). The summed E-state index contributed by atoms with van der Waals surface area (Å²) in [5.41, 5.74) is 1.89. The molecule has 2 heterocycles. The Balaban J connectivity index is 1.34. The summed E-state index contributed by atoms with van der Waals surface area (Å²) in [5.74, 6) is -0.193. The van der Waals surface area contributed by atoms with E-state index in [0.717, 1.165) is 37.2 Å². The highest BCUT2D eigenvalue weighted by Gasteiger charge is 2.36. The van der Waals surface area contributed by atoms with Gasteiger partial charge < -0.3 is 10.1 Å². The van der Waals surface area contributed by atoms with E-state index in [-0.39, 0.29) is 18.1 Å². The summed E-state index contributed by atoms with van der Waals surface area (Å²) in [5, 5.41) is 2.94. The third-order valence-electron chi connectivity index (χ3n) is 6.76. The molecule has 174 valence electrons. The van der Waals surface area contributed by atoms with Gasteiger partial charge in [0.2, 0.25) is 5.91 Å². The monoisotopic (exact) mass is 448 g/mol. The van der Waals surface area contributed by atoms with E-state index in [2.05, 4.69) is 43.4 Å². The Kier molecular flexibility index (Phi) is 6.94. The Morgan fingerprint density at radius 1 is 1.06 bits per heavy atom. The summed E-state index contributed by atoms with van der Waals surface area (Å²) in [7, 11) is 0. The van der Waals surface area contributed by atoms with E-state index in [1.54, 1.807) is 24.3 Å². The van der Waals surface area contributed by atoms with Crippen molar-refractivity contribution in [3.63, 3.8) is 0 Å². The van der Waals surface area contributed by atoms with Crippen LogP contribution in [0.2, 0.25) is 0 Å². The molecule has 1 saturated heterocycles. The molecule has 0 radical (unpaired) electrons. The second-order valence-corrected chi connectivity index (χ2v) is 9.69. The Labute approximate surface area is 195 Å². The molecular weight excluding hydrogens is 416 g/mol. The summed E-state index contributed by atoms with van der Waals surface area (Å²) in [6.45, 7) is 5.30. The maximum atomic E-state index is 12.6. The first-order valence-corrected chi connectivity index (χ1v) is 11.7. The SMILES string of the molecule is CC1(C)CC(C(CCNC(=O)CN2C(=O)c3ccccc3C2=O)Cc2ccccc2)CCO1. The topological polar surface area (TPSA) is 75.7 Å². The number of rotatable bonds is 8. The van der Waals surface area contributed by atoms with E-state index in [9.17, 15) is 14.4 Å². The van der Waals surface area contributed by atoms with Crippen LogP contribution in [0.1, 0.15) is 59.4 Å². The van der Waals surface area contributed by atoms with Crippen LogP contribution in [0.3, 0.4) is 0 Å². The van der Waals surface area contributed by atoms with Gasteiger partial charge in [0, 0.05) is 13.2 Å². The largest absolute Gasteiger partial charge is 0.376 e. The Morgan fingerprint density at radius 2 is 1.70 bits per heavy atom. The number of nitrogens with one attached hydrogen (secondary N) is 1.